The van der Waals surface area contributed by atoms with Crippen LogP contribution in [-0.4, -0.2) is 43.6 Å². The van der Waals surface area contributed by atoms with Crippen molar-refractivity contribution in [2.24, 2.45) is 0 Å². The van der Waals surface area contributed by atoms with Crippen LogP contribution in [0.15, 0.2) is 24.3 Å². The summed E-state index contributed by atoms with van der Waals surface area (Å²) < 4.78 is 5.43. The highest BCUT2D eigenvalue weighted by atomic mass is 16.5. The largest absolute Gasteiger partial charge is 0.494 e. The highest BCUT2D eigenvalue weighted by Gasteiger charge is 2.10. The molecule has 1 aromatic carbocycles. The zero-order valence-corrected chi connectivity index (χ0v) is 14.1. The zero-order valence-electron chi connectivity index (χ0n) is 14.1. The molecular weight excluding hydrogens is 294 g/mol. The molecule has 0 heterocycles. The average molecular weight is 325 g/mol. The lowest BCUT2D eigenvalue weighted by atomic mass is 10.2. The lowest BCUT2D eigenvalue weighted by Gasteiger charge is -2.27. The second-order valence-corrected chi connectivity index (χ2v) is 5.39. The number of methoxy groups -OCH3 is 1. The molecule has 0 saturated carbocycles. The van der Waals surface area contributed by atoms with Crippen molar-refractivity contribution in [3.05, 3.63) is 24.3 Å². The molecule has 0 atom stereocenters. The van der Waals surface area contributed by atoms with Gasteiger partial charge in [0.25, 0.3) is 0 Å². The fraction of sp³-hybridized carbons (Fsp3) is 0.647. The Bertz CT molecular complexity index is 390. The Morgan fingerprint density at radius 2 is 1.43 bits per heavy atom. The van der Waals surface area contributed by atoms with E-state index in [1.54, 1.807) is 7.11 Å². The summed E-state index contributed by atoms with van der Waals surface area (Å²) >= 11 is 0. The molecule has 23 heavy (non-hydrogen) atoms. The van der Waals surface area contributed by atoms with Crippen molar-refractivity contribution in [1.29, 1.82) is 0 Å². The number of hydrogen-bond donors (Lipinski definition) is 4. The Morgan fingerprint density at radius 3 is 1.96 bits per heavy atom. The number of aliphatic hydroxyl groups excluding tert-OH is 2. The first-order valence-electron chi connectivity index (χ1n) is 8.45. The van der Waals surface area contributed by atoms with Gasteiger partial charge in [-0.25, -0.2) is 16.0 Å². The van der Waals surface area contributed by atoms with Crippen LogP contribution in [-0.2, 0) is 0 Å². The maximum absolute atomic E-state index is 8.83. The summed E-state index contributed by atoms with van der Waals surface area (Å²) in [6.07, 6.45) is 5.67. The number of ether oxygens (including phenoxy) is 1. The minimum absolute atomic E-state index is 0.249. The van der Waals surface area contributed by atoms with E-state index in [9.17, 15) is 0 Å². The number of hydrazine groups is 2. The lowest BCUT2D eigenvalue weighted by Crippen LogP contribution is -2.49. The number of nitrogens with one attached hydrogen (secondary N) is 2. The van der Waals surface area contributed by atoms with Gasteiger partial charge in [-0.3, -0.25) is 0 Å². The fourth-order valence-electron chi connectivity index (χ4n) is 2.25. The van der Waals surface area contributed by atoms with Crippen LogP contribution in [0.2, 0.25) is 0 Å². The van der Waals surface area contributed by atoms with Crippen LogP contribution in [0.3, 0.4) is 0 Å². The summed E-state index contributed by atoms with van der Waals surface area (Å²) in [7, 11) is 1.67. The summed E-state index contributed by atoms with van der Waals surface area (Å²) in [5.74, 6) is 0.804. The molecule has 6 nitrogen and oxygen atoms in total. The van der Waals surface area contributed by atoms with Crippen LogP contribution in [0.5, 0.6) is 5.75 Å². The van der Waals surface area contributed by atoms with Gasteiger partial charge in [-0.15, -0.1) is 0 Å². The molecule has 0 spiro atoms. The van der Waals surface area contributed by atoms with Gasteiger partial charge in [0.15, 0.2) is 0 Å². The highest BCUT2D eigenvalue weighted by molar-refractivity contribution is 5.56. The van der Waals surface area contributed by atoms with Gasteiger partial charge in [0, 0.05) is 26.3 Å². The van der Waals surface area contributed by atoms with E-state index in [4.69, 9.17) is 14.9 Å². The molecule has 0 aliphatic carbocycles. The molecule has 0 aliphatic rings. The van der Waals surface area contributed by atoms with Crippen LogP contribution in [0.1, 0.15) is 38.5 Å². The number of hydrogen-bond acceptors (Lipinski definition) is 6. The Balaban J connectivity index is 2.53. The van der Waals surface area contributed by atoms with Gasteiger partial charge in [0.05, 0.1) is 7.11 Å². The molecule has 0 radical (unpaired) electrons. The van der Waals surface area contributed by atoms with E-state index in [0.717, 1.165) is 63.1 Å². The molecule has 6 heteroatoms. The lowest BCUT2D eigenvalue weighted by molar-refractivity contribution is 0.282. The Morgan fingerprint density at radius 1 is 0.870 bits per heavy atom. The van der Waals surface area contributed by atoms with E-state index in [0.29, 0.717) is 0 Å². The number of anilines is 1. The zero-order chi connectivity index (χ0) is 16.8. The molecule has 0 amide bonds. The molecule has 0 bridgehead atoms. The summed E-state index contributed by atoms with van der Waals surface area (Å²) in [6.45, 7) is 2.14. The average Bonchev–Trinajstić information content (AvgIpc) is 2.59. The SMILES string of the molecule is COc1ccccc1N(NCCCCCO)NCCCCCO. The minimum Gasteiger partial charge on any atom is -0.494 e. The van der Waals surface area contributed by atoms with Crippen molar-refractivity contribution in [2.45, 2.75) is 38.5 Å². The Kier molecular flexibility index (Phi) is 11.3. The first-order chi connectivity index (χ1) is 11.3. The van der Waals surface area contributed by atoms with Crippen molar-refractivity contribution in [3.8, 4) is 5.75 Å². The predicted molar refractivity (Wildman–Crippen MR) is 93.4 cm³/mol. The van der Waals surface area contributed by atoms with E-state index in [1.165, 1.54) is 0 Å². The van der Waals surface area contributed by atoms with Crippen molar-refractivity contribution >= 4 is 5.69 Å². The quantitative estimate of drug-likeness (QED) is 0.309. The fourth-order valence-corrected chi connectivity index (χ4v) is 2.25. The first-order valence-corrected chi connectivity index (χ1v) is 8.45. The number of aliphatic hydroxyl groups is 2. The molecule has 0 aliphatic heterocycles. The molecule has 132 valence electrons. The smallest absolute Gasteiger partial charge is 0.145 e. The van der Waals surface area contributed by atoms with E-state index in [2.05, 4.69) is 10.9 Å². The monoisotopic (exact) mass is 325 g/mol. The van der Waals surface area contributed by atoms with Crippen molar-refractivity contribution < 1.29 is 14.9 Å². The topological polar surface area (TPSA) is 77.0 Å². The van der Waals surface area contributed by atoms with Gasteiger partial charge in [-0.05, 0) is 50.7 Å². The number of unbranched alkanes of at least 4 members (excludes halogenated alkanes) is 4. The summed E-state index contributed by atoms with van der Waals surface area (Å²) in [4.78, 5) is 0. The summed E-state index contributed by atoms with van der Waals surface area (Å²) in [5, 5.41) is 19.6. The van der Waals surface area contributed by atoms with Gasteiger partial charge in [0.2, 0.25) is 0 Å². The molecule has 0 aromatic heterocycles. The van der Waals surface area contributed by atoms with Gasteiger partial charge in [-0.2, -0.15) is 0 Å². The number of rotatable bonds is 14. The first kappa shape index (κ1) is 19.7. The molecule has 0 fully saturated rings. The number of nitrogens with zero attached hydrogens (tertiary/aromatic N) is 1. The summed E-state index contributed by atoms with van der Waals surface area (Å²) in [6, 6.07) is 7.86. The minimum atomic E-state index is 0.249. The molecule has 0 saturated heterocycles. The van der Waals surface area contributed by atoms with Crippen LogP contribution < -0.4 is 20.7 Å². The third-order valence-electron chi connectivity index (χ3n) is 3.54. The van der Waals surface area contributed by atoms with Crippen molar-refractivity contribution in [3.63, 3.8) is 0 Å². The van der Waals surface area contributed by atoms with Gasteiger partial charge in [-0.1, -0.05) is 12.1 Å². The third kappa shape index (κ3) is 8.18. The predicted octanol–water partition coefficient (Wildman–Crippen LogP) is 1.84. The Labute approximate surface area is 139 Å². The van der Waals surface area contributed by atoms with Crippen LogP contribution in [0.25, 0.3) is 0 Å². The van der Waals surface area contributed by atoms with E-state index >= 15 is 0 Å². The maximum atomic E-state index is 8.83. The van der Waals surface area contributed by atoms with Crippen LogP contribution in [0.4, 0.5) is 5.69 Å². The molecular formula is C17H31N3O3. The van der Waals surface area contributed by atoms with Gasteiger partial charge < -0.3 is 14.9 Å². The number of benzene rings is 1. The highest BCUT2D eigenvalue weighted by Crippen LogP contribution is 2.25. The van der Waals surface area contributed by atoms with E-state index in [-0.39, 0.29) is 13.2 Å². The van der Waals surface area contributed by atoms with E-state index in [1.807, 2.05) is 29.4 Å². The molecule has 1 rings (SSSR count). The standard InChI is InChI=1S/C17H31N3O3/c1-23-17-11-5-4-10-16(17)20(18-12-6-2-8-14-21)19-13-7-3-9-15-22/h4-5,10-11,18-19,21-22H,2-3,6-9,12-15H2,1H3. The third-order valence-corrected chi connectivity index (χ3v) is 3.54. The van der Waals surface area contributed by atoms with Crippen molar-refractivity contribution in [2.75, 3.05) is 38.5 Å². The Hall–Kier alpha value is -1.34. The summed E-state index contributed by atoms with van der Waals surface area (Å²) in [5.41, 5.74) is 7.69. The molecule has 4 N–H and O–H groups in total. The van der Waals surface area contributed by atoms with Crippen molar-refractivity contribution in [1.82, 2.24) is 10.9 Å². The molecule has 0 unspecified atom stereocenters. The maximum Gasteiger partial charge on any atom is 0.145 e. The second-order valence-electron chi connectivity index (χ2n) is 5.39. The molecule has 1 aromatic rings. The van der Waals surface area contributed by atoms with Crippen LogP contribution >= 0.6 is 0 Å². The number of para-hydroxylation sites is 2. The van der Waals surface area contributed by atoms with Crippen LogP contribution in [0, 0.1) is 0 Å². The van der Waals surface area contributed by atoms with E-state index < -0.39 is 0 Å². The van der Waals surface area contributed by atoms with Gasteiger partial charge >= 0.3 is 0 Å². The normalized spacial score (nSPS) is 10.7. The second kappa shape index (κ2) is 13.1. The van der Waals surface area contributed by atoms with Gasteiger partial charge in [0.1, 0.15) is 11.4 Å².